The van der Waals surface area contributed by atoms with Crippen LogP contribution >= 0.6 is 0 Å². The highest BCUT2D eigenvalue weighted by Gasteiger charge is 2.46. The molecule has 0 saturated carbocycles. The Hall–Kier alpha value is -6.69. The molecule has 5 heteroatoms. The number of nitrogens with one attached hydrogen (secondary N) is 2. The summed E-state index contributed by atoms with van der Waals surface area (Å²) in [7, 11) is 0. The summed E-state index contributed by atoms with van der Waals surface area (Å²) in [5.41, 5.74) is 16.3. The van der Waals surface area contributed by atoms with Gasteiger partial charge < -0.3 is 14.8 Å². The van der Waals surface area contributed by atoms with Gasteiger partial charge in [0.25, 0.3) is 0 Å². The van der Waals surface area contributed by atoms with Crippen LogP contribution in [0.3, 0.4) is 0 Å². The molecule has 0 spiro atoms. The molecule has 5 nitrogen and oxygen atoms in total. The van der Waals surface area contributed by atoms with Crippen LogP contribution in [0.25, 0.3) is 44.6 Å². The number of amidine groups is 1. The molecule has 4 unspecified atom stereocenters. The van der Waals surface area contributed by atoms with Gasteiger partial charge in [-0.2, -0.15) is 0 Å². The highest BCUT2D eigenvalue weighted by atomic mass is 15.3. The number of para-hydroxylation sites is 1. The maximum atomic E-state index is 5.49. The van der Waals surface area contributed by atoms with Gasteiger partial charge >= 0.3 is 0 Å². The molecule has 1 aromatic heterocycles. The molecule has 0 saturated heterocycles. The van der Waals surface area contributed by atoms with Gasteiger partial charge in [-0.05, 0) is 125 Å². The highest BCUT2D eigenvalue weighted by Crippen LogP contribution is 2.56. The second-order valence-electron chi connectivity index (χ2n) is 17.9. The van der Waals surface area contributed by atoms with E-state index < -0.39 is 0 Å². The van der Waals surface area contributed by atoms with Gasteiger partial charge in [0.2, 0.25) is 0 Å². The minimum Gasteiger partial charge on any atom is -0.350 e. The van der Waals surface area contributed by atoms with Crippen molar-refractivity contribution in [2.45, 2.75) is 69.7 Å². The van der Waals surface area contributed by atoms with Crippen LogP contribution < -0.4 is 10.6 Å². The number of fused-ring (bicyclic) bond motifs is 9. The van der Waals surface area contributed by atoms with Gasteiger partial charge in [-0.3, -0.25) is 5.32 Å². The zero-order valence-corrected chi connectivity index (χ0v) is 34.9. The fourth-order valence-corrected chi connectivity index (χ4v) is 11.6. The number of hydrogen-bond acceptors (Lipinski definition) is 4. The number of benzene rings is 5. The monoisotopic (exact) mass is 803 g/mol. The molecular weight excluding hydrogens is 755 g/mol. The quantitative estimate of drug-likeness (QED) is 0.171. The molecule has 5 aromatic carbocycles. The molecule has 5 aliphatic carbocycles. The predicted octanol–water partition coefficient (Wildman–Crippen LogP) is 12.9. The number of rotatable bonds is 5. The van der Waals surface area contributed by atoms with E-state index in [1.807, 2.05) is 0 Å². The van der Waals surface area contributed by atoms with Crippen LogP contribution in [0.5, 0.6) is 0 Å². The van der Waals surface area contributed by atoms with Gasteiger partial charge in [-0.1, -0.05) is 140 Å². The lowest BCUT2D eigenvalue weighted by Gasteiger charge is -2.38. The first-order valence-corrected chi connectivity index (χ1v) is 22.8. The van der Waals surface area contributed by atoms with E-state index in [0.717, 1.165) is 57.2 Å². The topological polar surface area (TPSA) is 44.6 Å². The molecule has 2 aliphatic heterocycles. The van der Waals surface area contributed by atoms with Crippen molar-refractivity contribution < 1.29 is 0 Å². The second-order valence-corrected chi connectivity index (χ2v) is 17.9. The number of aliphatic imine (C=N–C) groups is 1. The third kappa shape index (κ3) is 5.68. The summed E-state index contributed by atoms with van der Waals surface area (Å²) in [6.45, 7) is 0. The summed E-state index contributed by atoms with van der Waals surface area (Å²) in [6.07, 6.45) is 32.0. The Morgan fingerprint density at radius 2 is 1.47 bits per heavy atom. The first-order chi connectivity index (χ1) is 30.7. The Bertz CT molecular complexity index is 3170. The van der Waals surface area contributed by atoms with Crippen LogP contribution in [0, 0.1) is 5.92 Å². The molecule has 0 amide bonds. The Morgan fingerprint density at radius 3 is 2.42 bits per heavy atom. The van der Waals surface area contributed by atoms with E-state index in [2.05, 4.69) is 184 Å². The van der Waals surface area contributed by atoms with E-state index in [4.69, 9.17) is 4.99 Å². The molecule has 0 radical (unpaired) electrons. The van der Waals surface area contributed by atoms with E-state index in [0.29, 0.717) is 0 Å². The summed E-state index contributed by atoms with van der Waals surface area (Å²) < 4.78 is 2.75. The smallest absolute Gasteiger partial charge is 0.131 e. The Kier molecular flexibility index (Phi) is 8.40. The predicted molar refractivity (Wildman–Crippen MR) is 256 cm³/mol. The zero-order valence-electron chi connectivity index (χ0n) is 34.9. The Balaban J connectivity index is 0.910. The van der Waals surface area contributed by atoms with Crippen molar-refractivity contribution in [1.29, 1.82) is 0 Å². The first-order valence-electron chi connectivity index (χ1n) is 22.8. The molecule has 7 aliphatic rings. The van der Waals surface area contributed by atoms with Crippen molar-refractivity contribution in [3.63, 3.8) is 0 Å². The molecule has 3 heterocycles. The number of hydrogen-bond donors (Lipinski definition) is 2. The fourth-order valence-electron chi connectivity index (χ4n) is 11.6. The standard InChI is InChI=1S/C57H49N5/c1-2-16-37(17-3-1)55-58-56(60-57(59-55)41-31-32-44-39(33-41)30-29-36-15-4-6-21-43(36)44)40-19-14-20-42(34-40)61-51-28-13-10-25-48(51)53-52(61)35-38-18-5-7-22-45(38)54(53)62-49-26-11-8-23-46(49)47-24-9-12-27-50(47)62/h2,4-11,15-18,20-26,29-35,53-54,56-57,60H,1,3,12-14,19,27-28H2,(H,58,59). The van der Waals surface area contributed by atoms with E-state index in [-0.39, 0.29) is 24.3 Å². The molecule has 6 aromatic rings. The average Bonchev–Trinajstić information content (AvgIpc) is 3.86. The minimum atomic E-state index is -0.166. The average molecular weight is 804 g/mol. The zero-order chi connectivity index (χ0) is 40.7. The number of allylic oxidation sites excluding steroid dienone is 9. The molecule has 2 N–H and O–H groups in total. The number of aromatic nitrogens is 1. The van der Waals surface area contributed by atoms with Crippen molar-refractivity contribution in [1.82, 2.24) is 20.1 Å². The van der Waals surface area contributed by atoms with E-state index >= 15 is 0 Å². The van der Waals surface area contributed by atoms with Crippen molar-refractivity contribution in [2.75, 3.05) is 0 Å². The van der Waals surface area contributed by atoms with Crippen LogP contribution in [-0.4, -0.2) is 21.5 Å². The van der Waals surface area contributed by atoms with Crippen LogP contribution in [0.1, 0.15) is 85.1 Å². The fraction of sp³-hybridized carbons (Fsp3) is 0.211. The van der Waals surface area contributed by atoms with Crippen LogP contribution in [0.15, 0.2) is 191 Å². The van der Waals surface area contributed by atoms with Crippen molar-refractivity contribution in [3.8, 4) is 0 Å². The van der Waals surface area contributed by atoms with Crippen LogP contribution in [-0.2, 0) is 6.42 Å². The lowest BCUT2D eigenvalue weighted by atomic mass is 9.78. The second kappa shape index (κ2) is 14.5. The summed E-state index contributed by atoms with van der Waals surface area (Å²) in [4.78, 5) is 8.17. The van der Waals surface area contributed by atoms with Gasteiger partial charge in [0.15, 0.2) is 0 Å². The van der Waals surface area contributed by atoms with Crippen molar-refractivity contribution >= 4 is 50.4 Å². The van der Waals surface area contributed by atoms with Crippen LogP contribution in [0.2, 0.25) is 0 Å². The minimum absolute atomic E-state index is 0.0979. The molecule has 0 fully saturated rings. The summed E-state index contributed by atoms with van der Waals surface area (Å²) in [6, 6.07) is 38.6. The summed E-state index contributed by atoms with van der Waals surface area (Å²) >= 11 is 0. The molecule has 62 heavy (non-hydrogen) atoms. The maximum absolute atomic E-state index is 5.49. The third-order valence-electron chi connectivity index (χ3n) is 14.4. The molecule has 302 valence electrons. The van der Waals surface area contributed by atoms with Crippen molar-refractivity contribution in [3.05, 3.63) is 213 Å². The largest absolute Gasteiger partial charge is 0.350 e. The number of nitrogens with zero attached hydrogens (tertiary/aromatic N) is 3. The molecule has 4 atom stereocenters. The van der Waals surface area contributed by atoms with Gasteiger partial charge in [-0.15, -0.1) is 0 Å². The molecule has 13 rings (SSSR count). The summed E-state index contributed by atoms with van der Waals surface area (Å²) in [5.74, 6) is 1.17. The van der Waals surface area contributed by atoms with Gasteiger partial charge in [0, 0.05) is 44.8 Å². The van der Waals surface area contributed by atoms with Gasteiger partial charge in [-0.25, -0.2) is 4.99 Å². The lowest BCUT2D eigenvalue weighted by Crippen LogP contribution is -2.49. The van der Waals surface area contributed by atoms with Crippen molar-refractivity contribution in [2.24, 2.45) is 10.9 Å². The normalized spacial score (nSPS) is 23.9. The SMILES string of the molecule is C1=CC(C2=NC(C3=CC(N4C5=Cc6ccccc6C(n6c7c(c8ccccc86)C=CCC7)C5C5=C4CCC=C5)=CCC3)NC(c3ccc4c(ccc5ccccc54)c3)N2)=CCC1. The highest BCUT2D eigenvalue weighted by molar-refractivity contribution is 6.07. The lowest BCUT2D eigenvalue weighted by molar-refractivity contribution is 0.416. The molecular formula is C57H49N5. The Morgan fingerprint density at radius 1 is 0.645 bits per heavy atom. The van der Waals surface area contributed by atoms with Crippen LogP contribution in [0.4, 0.5) is 0 Å². The van der Waals surface area contributed by atoms with E-state index in [9.17, 15) is 0 Å². The maximum Gasteiger partial charge on any atom is 0.131 e. The van der Waals surface area contributed by atoms with Gasteiger partial charge in [0.1, 0.15) is 18.2 Å². The Labute approximate surface area is 363 Å². The molecule has 0 bridgehead atoms. The summed E-state index contributed by atoms with van der Waals surface area (Å²) in [5, 5.41) is 14.3. The van der Waals surface area contributed by atoms with Gasteiger partial charge in [0.05, 0.1) is 12.0 Å². The van der Waals surface area contributed by atoms with E-state index in [1.54, 1.807) is 0 Å². The third-order valence-corrected chi connectivity index (χ3v) is 14.4. The first kappa shape index (κ1) is 36.0. The van der Waals surface area contributed by atoms with E-state index in [1.165, 1.54) is 94.2 Å².